The van der Waals surface area contributed by atoms with Gasteiger partial charge in [-0.1, -0.05) is 36.8 Å². The number of carbonyl (C=O) groups excluding carboxylic acids is 1. The summed E-state index contributed by atoms with van der Waals surface area (Å²) in [6.45, 7) is 10.5. The summed E-state index contributed by atoms with van der Waals surface area (Å²) < 4.78 is 19.5. The molecule has 0 saturated heterocycles. The van der Waals surface area contributed by atoms with Gasteiger partial charge in [-0.3, -0.25) is 4.79 Å². The largest absolute Gasteiger partial charge is 0.461 e. The van der Waals surface area contributed by atoms with Gasteiger partial charge in [0.1, 0.15) is 6.61 Å². The number of unbranched alkanes of at least 4 members (excludes halogenated alkanes) is 2. The number of hydrogen-bond acceptors (Lipinski definition) is 6. The average molecular weight is 413 g/mol. The second-order valence-electron chi connectivity index (χ2n) is 7.22. The minimum atomic E-state index is -1.11. The van der Waals surface area contributed by atoms with E-state index in [1.807, 2.05) is 30.3 Å². The zero-order valence-corrected chi connectivity index (χ0v) is 18.7. The second-order valence-corrected chi connectivity index (χ2v) is 8.67. The highest BCUT2D eigenvalue weighted by atomic mass is 31.2. The Labute approximate surface area is 171 Å². The van der Waals surface area contributed by atoms with E-state index in [1.54, 1.807) is 0 Å². The maximum Gasteiger partial charge on any atom is 0.306 e. The first-order chi connectivity index (χ1) is 13.5. The first-order valence-corrected chi connectivity index (χ1v) is 11.3. The highest BCUT2D eigenvalue weighted by molar-refractivity contribution is 7.44. The van der Waals surface area contributed by atoms with Crippen molar-refractivity contribution in [3.05, 3.63) is 35.9 Å². The molecule has 0 saturated carbocycles. The number of esters is 1. The van der Waals surface area contributed by atoms with E-state index in [0.29, 0.717) is 44.9 Å². The third-order valence-corrected chi connectivity index (χ3v) is 6.14. The number of benzene rings is 1. The standard InChI is InChI=1S/C21H37N2O4P/c1-18(2)23(19(3)4)28(27-16-14-22)26-15-10-6-9-13-21(24)25-17-20-11-7-5-8-12-20/h5,7-8,11-12,18-19H,6,9-10,13-17,22H2,1-4H3. The molecule has 0 amide bonds. The van der Waals surface area contributed by atoms with Crippen LogP contribution in [0.25, 0.3) is 0 Å². The van der Waals surface area contributed by atoms with Crippen LogP contribution in [0.5, 0.6) is 0 Å². The van der Waals surface area contributed by atoms with Crippen LogP contribution in [0.4, 0.5) is 0 Å². The Morgan fingerprint density at radius 3 is 2.25 bits per heavy atom. The van der Waals surface area contributed by atoms with Crippen LogP contribution in [0.1, 0.15) is 58.9 Å². The summed E-state index contributed by atoms with van der Waals surface area (Å²) in [5, 5.41) is 0. The van der Waals surface area contributed by atoms with Gasteiger partial charge in [-0.25, -0.2) is 4.67 Å². The van der Waals surface area contributed by atoms with Gasteiger partial charge in [0.2, 0.25) is 0 Å². The summed E-state index contributed by atoms with van der Waals surface area (Å²) >= 11 is 0. The van der Waals surface area contributed by atoms with Crippen LogP contribution in [0.2, 0.25) is 0 Å². The van der Waals surface area contributed by atoms with Gasteiger partial charge < -0.3 is 19.5 Å². The van der Waals surface area contributed by atoms with Crippen LogP contribution in [0, 0.1) is 0 Å². The van der Waals surface area contributed by atoms with Crippen molar-refractivity contribution < 1.29 is 18.6 Å². The molecule has 0 aliphatic rings. The maximum absolute atomic E-state index is 11.8. The van der Waals surface area contributed by atoms with E-state index in [4.69, 9.17) is 19.5 Å². The van der Waals surface area contributed by atoms with Crippen LogP contribution in [0.15, 0.2) is 30.3 Å². The predicted molar refractivity (Wildman–Crippen MR) is 115 cm³/mol. The summed E-state index contributed by atoms with van der Waals surface area (Å²) in [6, 6.07) is 10.4. The van der Waals surface area contributed by atoms with Crippen LogP contribution < -0.4 is 5.73 Å². The fraction of sp³-hybridized carbons (Fsp3) is 0.667. The summed E-state index contributed by atoms with van der Waals surface area (Å²) in [5.41, 5.74) is 6.59. The zero-order chi connectivity index (χ0) is 20.8. The first-order valence-electron chi connectivity index (χ1n) is 10.2. The van der Waals surface area contributed by atoms with Crippen molar-refractivity contribution in [3.8, 4) is 0 Å². The van der Waals surface area contributed by atoms with Gasteiger partial charge in [0.25, 0.3) is 8.53 Å². The molecule has 7 heteroatoms. The Morgan fingerprint density at radius 1 is 1.00 bits per heavy atom. The average Bonchev–Trinajstić information content (AvgIpc) is 2.67. The predicted octanol–water partition coefficient (Wildman–Crippen LogP) is 4.63. The van der Waals surface area contributed by atoms with Crippen molar-refractivity contribution in [1.82, 2.24) is 4.67 Å². The first kappa shape index (κ1) is 25.0. The molecule has 0 bridgehead atoms. The van der Waals surface area contributed by atoms with E-state index < -0.39 is 8.53 Å². The van der Waals surface area contributed by atoms with Crippen molar-refractivity contribution in [2.75, 3.05) is 19.8 Å². The number of ether oxygens (including phenoxy) is 1. The van der Waals surface area contributed by atoms with Gasteiger partial charge in [-0.05, 0) is 46.1 Å². The highest BCUT2D eigenvalue weighted by Crippen LogP contribution is 2.45. The van der Waals surface area contributed by atoms with Crippen LogP contribution >= 0.6 is 8.53 Å². The van der Waals surface area contributed by atoms with Crippen molar-refractivity contribution in [1.29, 1.82) is 0 Å². The molecule has 0 aliphatic heterocycles. The van der Waals surface area contributed by atoms with Gasteiger partial charge in [-0.15, -0.1) is 0 Å². The number of nitrogens with zero attached hydrogens (tertiary/aromatic N) is 1. The molecule has 0 spiro atoms. The molecule has 1 aromatic rings. The minimum Gasteiger partial charge on any atom is -0.461 e. The van der Waals surface area contributed by atoms with Crippen LogP contribution in [-0.2, 0) is 25.2 Å². The van der Waals surface area contributed by atoms with Crippen molar-refractivity contribution in [2.24, 2.45) is 5.73 Å². The van der Waals surface area contributed by atoms with E-state index in [9.17, 15) is 4.79 Å². The summed E-state index contributed by atoms with van der Waals surface area (Å²) in [7, 11) is -1.11. The molecule has 1 aromatic carbocycles. The molecule has 1 atom stereocenters. The Morgan fingerprint density at radius 2 is 1.64 bits per heavy atom. The molecule has 0 heterocycles. The lowest BCUT2D eigenvalue weighted by atomic mass is 10.2. The number of rotatable bonds is 15. The molecule has 1 rings (SSSR count). The molecular formula is C21H37N2O4P. The molecule has 0 radical (unpaired) electrons. The van der Waals surface area contributed by atoms with Gasteiger partial charge >= 0.3 is 5.97 Å². The van der Waals surface area contributed by atoms with Crippen molar-refractivity contribution in [2.45, 2.75) is 72.1 Å². The minimum absolute atomic E-state index is 0.149. The Balaban J connectivity index is 2.22. The van der Waals surface area contributed by atoms with Gasteiger partial charge in [-0.2, -0.15) is 0 Å². The lowest BCUT2D eigenvalue weighted by molar-refractivity contribution is -0.145. The lowest BCUT2D eigenvalue weighted by Crippen LogP contribution is -2.34. The topological polar surface area (TPSA) is 74.0 Å². The Bertz CT molecular complexity index is 520. The fourth-order valence-electron chi connectivity index (χ4n) is 2.78. The van der Waals surface area contributed by atoms with E-state index in [-0.39, 0.29) is 5.97 Å². The number of nitrogens with two attached hydrogens (primary N) is 1. The maximum atomic E-state index is 11.8. The Kier molecular flexibility index (Phi) is 13.3. The molecule has 2 N–H and O–H groups in total. The van der Waals surface area contributed by atoms with Crippen molar-refractivity contribution >= 4 is 14.5 Å². The fourth-order valence-corrected chi connectivity index (χ4v) is 4.42. The molecule has 28 heavy (non-hydrogen) atoms. The van der Waals surface area contributed by atoms with Crippen molar-refractivity contribution in [3.63, 3.8) is 0 Å². The van der Waals surface area contributed by atoms with Crippen LogP contribution in [-0.4, -0.2) is 42.5 Å². The van der Waals surface area contributed by atoms with E-state index in [1.165, 1.54) is 0 Å². The normalized spacial score (nSPS) is 12.7. The second kappa shape index (κ2) is 14.9. The molecule has 1 unspecified atom stereocenters. The molecule has 0 fully saturated rings. The SMILES string of the molecule is CC(C)N(C(C)C)P(OCCN)OCCCCCC(=O)OCc1ccccc1. The molecule has 0 aliphatic carbocycles. The van der Waals surface area contributed by atoms with Gasteiger partial charge in [0, 0.05) is 25.0 Å². The zero-order valence-electron chi connectivity index (χ0n) is 17.8. The summed E-state index contributed by atoms with van der Waals surface area (Å²) in [4.78, 5) is 11.8. The summed E-state index contributed by atoms with van der Waals surface area (Å²) in [5.74, 6) is -0.149. The van der Waals surface area contributed by atoms with Crippen LogP contribution in [0.3, 0.4) is 0 Å². The molecule has 6 nitrogen and oxygen atoms in total. The Hall–Kier alpha value is -1.04. The smallest absolute Gasteiger partial charge is 0.306 e. The third kappa shape index (κ3) is 10.5. The van der Waals surface area contributed by atoms with Gasteiger partial charge in [0.05, 0.1) is 13.2 Å². The number of carbonyl (C=O) groups is 1. The highest BCUT2D eigenvalue weighted by Gasteiger charge is 2.26. The molecular weight excluding hydrogens is 375 g/mol. The molecule has 0 aromatic heterocycles. The third-order valence-electron chi connectivity index (χ3n) is 4.04. The van der Waals surface area contributed by atoms with E-state index in [2.05, 4.69) is 32.4 Å². The van der Waals surface area contributed by atoms with E-state index in [0.717, 1.165) is 24.8 Å². The lowest BCUT2D eigenvalue weighted by Gasteiger charge is -2.35. The number of hydrogen-bond donors (Lipinski definition) is 1. The van der Waals surface area contributed by atoms with E-state index >= 15 is 0 Å². The molecule has 160 valence electrons. The van der Waals surface area contributed by atoms with Gasteiger partial charge in [0.15, 0.2) is 0 Å². The summed E-state index contributed by atoms with van der Waals surface area (Å²) in [6.07, 6.45) is 3.05. The monoisotopic (exact) mass is 412 g/mol. The quantitative estimate of drug-likeness (QED) is 0.257.